The highest BCUT2D eigenvalue weighted by Crippen LogP contribution is 2.12. The van der Waals surface area contributed by atoms with Crippen LogP contribution in [0.5, 0.6) is 0 Å². The number of aryl methyl sites for hydroxylation is 1. The van der Waals surface area contributed by atoms with Gasteiger partial charge in [-0.15, -0.1) is 11.3 Å². The lowest BCUT2D eigenvalue weighted by Gasteiger charge is -2.07. The predicted octanol–water partition coefficient (Wildman–Crippen LogP) is -0.0183. The van der Waals surface area contributed by atoms with Crippen molar-refractivity contribution in [3.05, 3.63) is 56.3 Å². The van der Waals surface area contributed by atoms with Crippen molar-refractivity contribution in [3.8, 4) is 0 Å². The molecule has 3 aromatic heterocycles. The molecule has 0 radical (unpaired) electrons. The van der Waals surface area contributed by atoms with Crippen LogP contribution in [0.15, 0.2) is 39.5 Å². The molecule has 0 bridgehead atoms. The molecule has 0 unspecified atom stereocenters. The molecular formula is C14H13N5O3S. The largest absolute Gasteiger partial charge is 0.349 e. The third-order valence-electron chi connectivity index (χ3n) is 3.27. The molecule has 0 spiro atoms. The van der Waals surface area contributed by atoms with Crippen LogP contribution in [0.3, 0.4) is 0 Å². The maximum Gasteiger partial charge on any atom is 0.271 e. The van der Waals surface area contributed by atoms with Gasteiger partial charge < -0.3 is 5.32 Å². The molecule has 0 aliphatic carbocycles. The number of amides is 1. The van der Waals surface area contributed by atoms with Crippen molar-refractivity contribution in [2.24, 2.45) is 7.05 Å². The van der Waals surface area contributed by atoms with Crippen LogP contribution in [-0.2, 0) is 13.6 Å². The number of carbonyl (C=O) groups excluding carboxylic acids is 1. The fourth-order valence-electron chi connectivity index (χ4n) is 2.04. The lowest BCUT2D eigenvalue weighted by Crippen LogP contribution is -2.32. The average molecular weight is 331 g/mol. The van der Waals surface area contributed by atoms with Crippen molar-refractivity contribution in [2.75, 3.05) is 6.54 Å². The summed E-state index contributed by atoms with van der Waals surface area (Å²) in [4.78, 5) is 39.6. The third-order valence-corrected chi connectivity index (χ3v) is 4.16. The molecule has 1 amide bonds. The number of nitrogens with zero attached hydrogens (tertiary/aromatic N) is 4. The van der Waals surface area contributed by atoms with Crippen molar-refractivity contribution in [2.45, 2.75) is 6.54 Å². The Labute approximate surface area is 134 Å². The summed E-state index contributed by atoms with van der Waals surface area (Å²) in [6, 6.07) is 4.43. The quantitative estimate of drug-likeness (QED) is 0.724. The highest BCUT2D eigenvalue weighted by molar-refractivity contribution is 7.17. The monoisotopic (exact) mass is 331 g/mol. The van der Waals surface area contributed by atoms with Crippen LogP contribution in [0.25, 0.3) is 10.2 Å². The fraction of sp³-hybridized carbons (Fsp3) is 0.214. The van der Waals surface area contributed by atoms with E-state index >= 15 is 0 Å². The second-order valence-corrected chi connectivity index (χ2v) is 5.73. The topological polar surface area (TPSA) is 98.9 Å². The van der Waals surface area contributed by atoms with Crippen LogP contribution in [0.1, 0.15) is 10.5 Å². The molecule has 118 valence electrons. The first-order valence-electron chi connectivity index (χ1n) is 6.81. The van der Waals surface area contributed by atoms with Gasteiger partial charge in [-0.2, -0.15) is 5.10 Å². The van der Waals surface area contributed by atoms with Gasteiger partial charge in [0.25, 0.3) is 17.0 Å². The average Bonchev–Trinajstić information content (AvgIpc) is 3.01. The zero-order valence-corrected chi connectivity index (χ0v) is 13.0. The third kappa shape index (κ3) is 3.04. The first-order valence-corrected chi connectivity index (χ1v) is 7.69. The Morgan fingerprint density at radius 2 is 2.13 bits per heavy atom. The Morgan fingerprint density at radius 1 is 1.30 bits per heavy atom. The van der Waals surface area contributed by atoms with Crippen molar-refractivity contribution in [3.63, 3.8) is 0 Å². The van der Waals surface area contributed by atoms with Crippen molar-refractivity contribution in [1.82, 2.24) is 24.6 Å². The van der Waals surface area contributed by atoms with E-state index in [0.29, 0.717) is 16.8 Å². The Bertz CT molecular complexity index is 988. The Morgan fingerprint density at radius 3 is 2.91 bits per heavy atom. The van der Waals surface area contributed by atoms with Crippen molar-refractivity contribution >= 4 is 27.5 Å². The van der Waals surface area contributed by atoms with Gasteiger partial charge in [0, 0.05) is 26.2 Å². The van der Waals surface area contributed by atoms with E-state index in [1.54, 1.807) is 6.07 Å². The summed E-state index contributed by atoms with van der Waals surface area (Å²) in [5.41, 5.74) is 0.406. The summed E-state index contributed by atoms with van der Waals surface area (Å²) >= 11 is 1.34. The molecule has 0 aliphatic heterocycles. The van der Waals surface area contributed by atoms with E-state index in [-0.39, 0.29) is 23.4 Å². The number of hydrogen-bond acceptors (Lipinski definition) is 6. The second-order valence-electron chi connectivity index (χ2n) is 4.81. The van der Waals surface area contributed by atoms with Gasteiger partial charge >= 0.3 is 0 Å². The van der Waals surface area contributed by atoms with Crippen LogP contribution in [0, 0.1) is 0 Å². The van der Waals surface area contributed by atoms with Gasteiger partial charge in [0.1, 0.15) is 10.4 Å². The lowest BCUT2D eigenvalue weighted by molar-refractivity contribution is 0.0945. The van der Waals surface area contributed by atoms with E-state index in [9.17, 15) is 14.4 Å². The van der Waals surface area contributed by atoms with Crippen molar-refractivity contribution < 1.29 is 4.79 Å². The maximum absolute atomic E-state index is 12.2. The summed E-state index contributed by atoms with van der Waals surface area (Å²) in [6.07, 6.45) is 1.47. The number of hydrogen-bond donors (Lipinski definition) is 1. The van der Waals surface area contributed by atoms with Gasteiger partial charge in [0.05, 0.1) is 11.8 Å². The highest BCUT2D eigenvalue weighted by Gasteiger charge is 2.09. The minimum absolute atomic E-state index is 0.125. The van der Waals surface area contributed by atoms with Gasteiger partial charge in [-0.1, -0.05) is 0 Å². The molecule has 3 rings (SSSR count). The van der Waals surface area contributed by atoms with E-state index in [1.165, 1.54) is 41.4 Å². The molecule has 0 aromatic carbocycles. The molecule has 0 saturated carbocycles. The Hall–Kier alpha value is -2.81. The molecule has 0 aliphatic rings. The van der Waals surface area contributed by atoms with Crippen LogP contribution in [-0.4, -0.2) is 31.8 Å². The number of thiophene rings is 1. The van der Waals surface area contributed by atoms with E-state index in [1.807, 2.05) is 5.38 Å². The predicted molar refractivity (Wildman–Crippen MR) is 85.7 cm³/mol. The summed E-state index contributed by atoms with van der Waals surface area (Å²) in [7, 11) is 1.47. The standard InChI is InChI=1S/C14H13N5O3S/c1-18-11(20)3-2-10(17-18)13(21)15-5-6-19-8-16-9-4-7-23-12(9)14(19)22/h2-4,7-8H,5-6H2,1H3,(H,15,21). The molecule has 0 saturated heterocycles. The van der Waals surface area contributed by atoms with Gasteiger partial charge in [0.15, 0.2) is 0 Å². The van der Waals surface area contributed by atoms with Gasteiger partial charge in [0.2, 0.25) is 0 Å². The number of fused-ring (bicyclic) bond motifs is 1. The van der Waals surface area contributed by atoms with Gasteiger partial charge in [-0.05, 0) is 17.5 Å². The molecule has 9 heteroatoms. The minimum atomic E-state index is -0.404. The zero-order chi connectivity index (χ0) is 16.4. The molecule has 23 heavy (non-hydrogen) atoms. The summed E-state index contributed by atoms with van der Waals surface area (Å²) in [6.45, 7) is 0.555. The van der Waals surface area contributed by atoms with Crippen LogP contribution in [0.4, 0.5) is 0 Å². The van der Waals surface area contributed by atoms with E-state index < -0.39 is 5.91 Å². The van der Waals surface area contributed by atoms with Crippen molar-refractivity contribution in [1.29, 1.82) is 0 Å². The lowest BCUT2D eigenvalue weighted by atomic mass is 10.3. The second kappa shape index (κ2) is 6.13. The highest BCUT2D eigenvalue weighted by atomic mass is 32.1. The number of aromatic nitrogens is 4. The molecule has 0 fully saturated rings. The SMILES string of the molecule is Cn1nc(C(=O)NCCn2cnc3ccsc3c2=O)ccc1=O. The number of carbonyl (C=O) groups is 1. The Kier molecular flexibility index (Phi) is 4.02. The number of nitrogens with one attached hydrogen (secondary N) is 1. The Balaban J connectivity index is 1.67. The van der Waals surface area contributed by atoms with E-state index in [4.69, 9.17) is 0 Å². The first kappa shape index (κ1) is 15.1. The number of rotatable bonds is 4. The molecular weight excluding hydrogens is 318 g/mol. The molecule has 1 N–H and O–H groups in total. The fourth-order valence-corrected chi connectivity index (χ4v) is 2.83. The van der Waals surface area contributed by atoms with Crippen LogP contribution >= 0.6 is 11.3 Å². The van der Waals surface area contributed by atoms with Crippen LogP contribution < -0.4 is 16.4 Å². The summed E-state index contributed by atoms with van der Waals surface area (Å²) in [5, 5.41) is 8.34. The van der Waals surface area contributed by atoms with E-state index in [0.717, 1.165) is 4.68 Å². The minimum Gasteiger partial charge on any atom is -0.349 e. The van der Waals surface area contributed by atoms with E-state index in [2.05, 4.69) is 15.4 Å². The summed E-state index contributed by atoms with van der Waals surface area (Å²) in [5.74, 6) is -0.404. The van der Waals surface area contributed by atoms with Gasteiger partial charge in [-0.25, -0.2) is 9.67 Å². The normalized spacial score (nSPS) is 10.8. The molecule has 0 atom stereocenters. The smallest absolute Gasteiger partial charge is 0.271 e. The van der Waals surface area contributed by atoms with Crippen LogP contribution in [0.2, 0.25) is 0 Å². The molecule has 8 nitrogen and oxygen atoms in total. The zero-order valence-electron chi connectivity index (χ0n) is 12.2. The first-order chi connectivity index (χ1) is 11.1. The van der Waals surface area contributed by atoms with Gasteiger partial charge in [-0.3, -0.25) is 19.0 Å². The molecule has 3 aromatic rings. The summed E-state index contributed by atoms with van der Waals surface area (Å²) < 4.78 is 3.14. The maximum atomic E-state index is 12.2. The molecule has 3 heterocycles.